The fourth-order valence-corrected chi connectivity index (χ4v) is 2.66. The molecule has 0 radical (unpaired) electrons. The largest absolute Gasteiger partial charge is 0.494 e. The second-order valence-corrected chi connectivity index (χ2v) is 5.89. The molecular formula is C16H24FN3O2. The van der Waals surface area contributed by atoms with E-state index < -0.39 is 5.82 Å². The first-order valence-corrected chi connectivity index (χ1v) is 7.47. The van der Waals surface area contributed by atoms with E-state index in [4.69, 9.17) is 4.74 Å². The van der Waals surface area contributed by atoms with Crippen LogP contribution in [0, 0.1) is 5.82 Å². The predicted molar refractivity (Wildman–Crippen MR) is 83.3 cm³/mol. The molecule has 122 valence electrons. The minimum absolute atomic E-state index is 0.0318. The summed E-state index contributed by atoms with van der Waals surface area (Å²) in [5.74, 6) is -0.236. The van der Waals surface area contributed by atoms with Crippen molar-refractivity contribution in [3.63, 3.8) is 0 Å². The first kappa shape index (κ1) is 16.7. The fourth-order valence-electron chi connectivity index (χ4n) is 2.66. The van der Waals surface area contributed by atoms with Crippen LogP contribution in [0.1, 0.15) is 12.0 Å². The number of hydrogen-bond donors (Lipinski definition) is 1. The van der Waals surface area contributed by atoms with Crippen LogP contribution in [0.5, 0.6) is 5.75 Å². The summed E-state index contributed by atoms with van der Waals surface area (Å²) < 4.78 is 18.4. The number of amides is 1. The van der Waals surface area contributed by atoms with Crippen LogP contribution >= 0.6 is 0 Å². The number of likely N-dealkylation sites (N-methyl/N-ethyl adjacent to an activating group) is 1. The molecule has 22 heavy (non-hydrogen) atoms. The van der Waals surface area contributed by atoms with E-state index in [0.717, 1.165) is 25.1 Å². The van der Waals surface area contributed by atoms with Crippen LogP contribution < -0.4 is 10.1 Å². The third kappa shape index (κ3) is 4.42. The lowest BCUT2D eigenvalue weighted by atomic mass is 10.2. The van der Waals surface area contributed by atoms with Crippen LogP contribution in [0.2, 0.25) is 0 Å². The predicted octanol–water partition coefficient (Wildman–Crippen LogP) is 1.09. The molecule has 0 saturated carbocycles. The van der Waals surface area contributed by atoms with Crippen molar-refractivity contribution in [1.82, 2.24) is 15.1 Å². The highest BCUT2D eigenvalue weighted by molar-refractivity contribution is 5.78. The van der Waals surface area contributed by atoms with Crippen LogP contribution in [0.15, 0.2) is 18.2 Å². The van der Waals surface area contributed by atoms with Crippen LogP contribution in [-0.2, 0) is 11.3 Å². The maximum absolute atomic E-state index is 13.6. The zero-order chi connectivity index (χ0) is 16.1. The number of halogens is 1. The third-order valence-corrected chi connectivity index (χ3v) is 4.05. The summed E-state index contributed by atoms with van der Waals surface area (Å²) in [6.07, 6.45) is 1.09. The van der Waals surface area contributed by atoms with E-state index in [1.54, 1.807) is 12.1 Å². The van der Waals surface area contributed by atoms with Gasteiger partial charge in [-0.25, -0.2) is 4.39 Å². The lowest BCUT2D eigenvalue weighted by Gasteiger charge is -2.20. The van der Waals surface area contributed by atoms with Gasteiger partial charge in [0.15, 0.2) is 11.6 Å². The van der Waals surface area contributed by atoms with Gasteiger partial charge in [0, 0.05) is 25.7 Å². The number of benzene rings is 1. The smallest absolute Gasteiger partial charge is 0.234 e. The molecule has 6 heteroatoms. The Morgan fingerprint density at radius 2 is 2.27 bits per heavy atom. The van der Waals surface area contributed by atoms with E-state index in [0.29, 0.717) is 19.1 Å². The van der Waals surface area contributed by atoms with Gasteiger partial charge in [-0.1, -0.05) is 6.07 Å². The SMILES string of the molecule is COc1ccc(CNC(=O)CN2CC[C@@H](N(C)C)C2)cc1F. The van der Waals surface area contributed by atoms with E-state index in [-0.39, 0.29) is 11.7 Å². The molecule has 0 bridgehead atoms. The number of ether oxygens (including phenoxy) is 1. The van der Waals surface area contributed by atoms with Crippen molar-refractivity contribution in [2.75, 3.05) is 40.8 Å². The first-order chi connectivity index (χ1) is 10.5. The van der Waals surface area contributed by atoms with E-state index in [9.17, 15) is 9.18 Å². The number of nitrogens with one attached hydrogen (secondary N) is 1. The Morgan fingerprint density at radius 1 is 1.50 bits per heavy atom. The third-order valence-electron chi connectivity index (χ3n) is 4.05. The van der Waals surface area contributed by atoms with Crippen LogP contribution in [0.3, 0.4) is 0 Å². The van der Waals surface area contributed by atoms with Gasteiger partial charge >= 0.3 is 0 Å². The second-order valence-electron chi connectivity index (χ2n) is 5.89. The van der Waals surface area contributed by atoms with Crippen LogP contribution in [-0.4, -0.2) is 62.6 Å². The van der Waals surface area contributed by atoms with Gasteiger partial charge < -0.3 is 15.0 Å². The van der Waals surface area contributed by atoms with E-state index in [1.807, 2.05) is 0 Å². The number of carbonyl (C=O) groups is 1. The molecule has 0 spiro atoms. The molecule has 1 N–H and O–H groups in total. The summed E-state index contributed by atoms with van der Waals surface area (Å²) in [5, 5.41) is 2.83. The molecule has 0 aliphatic carbocycles. The Morgan fingerprint density at radius 3 is 2.86 bits per heavy atom. The van der Waals surface area contributed by atoms with Crippen molar-refractivity contribution in [1.29, 1.82) is 0 Å². The Balaban J connectivity index is 1.77. The average molecular weight is 309 g/mol. The molecule has 1 amide bonds. The lowest BCUT2D eigenvalue weighted by molar-refractivity contribution is -0.122. The molecule has 0 aromatic heterocycles. The molecule has 1 aliphatic heterocycles. The van der Waals surface area contributed by atoms with Gasteiger partial charge in [-0.15, -0.1) is 0 Å². The van der Waals surface area contributed by atoms with Crippen LogP contribution in [0.4, 0.5) is 4.39 Å². The first-order valence-electron chi connectivity index (χ1n) is 7.47. The Hall–Kier alpha value is -1.66. The number of carbonyl (C=O) groups excluding carboxylic acids is 1. The zero-order valence-corrected chi connectivity index (χ0v) is 13.4. The average Bonchev–Trinajstić information content (AvgIpc) is 2.94. The van der Waals surface area contributed by atoms with Gasteiger partial charge in [0.1, 0.15) is 0 Å². The molecule has 0 unspecified atom stereocenters. The molecule has 2 rings (SSSR count). The van der Waals surface area contributed by atoms with Gasteiger partial charge in [-0.2, -0.15) is 0 Å². The summed E-state index contributed by atoms with van der Waals surface area (Å²) in [6.45, 7) is 2.57. The monoisotopic (exact) mass is 309 g/mol. The van der Waals surface area contributed by atoms with E-state index >= 15 is 0 Å². The van der Waals surface area contributed by atoms with Crippen molar-refractivity contribution in [3.8, 4) is 5.75 Å². The number of likely N-dealkylation sites (tertiary alicyclic amines) is 1. The van der Waals surface area contributed by atoms with Gasteiger partial charge in [-0.05, 0) is 38.2 Å². The highest BCUT2D eigenvalue weighted by Crippen LogP contribution is 2.17. The standard InChI is InChI=1S/C16H24FN3O2/c1-19(2)13-6-7-20(10-13)11-16(21)18-9-12-4-5-15(22-3)14(17)8-12/h4-5,8,13H,6-7,9-11H2,1-3H3,(H,18,21)/t13-/m1/s1. The molecule has 1 aromatic rings. The number of rotatable bonds is 6. The Labute approximate surface area is 131 Å². The van der Waals surface area contributed by atoms with Gasteiger partial charge in [0.25, 0.3) is 0 Å². The van der Waals surface area contributed by atoms with Crippen molar-refractivity contribution in [3.05, 3.63) is 29.6 Å². The topological polar surface area (TPSA) is 44.8 Å². The van der Waals surface area contributed by atoms with Crippen LogP contribution in [0.25, 0.3) is 0 Å². The maximum Gasteiger partial charge on any atom is 0.234 e. The van der Waals surface area contributed by atoms with Gasteiger partial charge in [-0.3, -0.25) is 9.69 Å². The molecular weight excluding hydrogens is 285 g/mol. The van der Waals surface area contributed by atoms with Crippen molar-refractivity contribution < 1.29 is 13.9 Å². The number of hydrogen-bond acceptors (Lipinski definition) is 4. The Kier molecular flexibility index (Phi) is 5.74. The highest BCUT2D eigenvalue weighted by Gasteiger charge is 2.25. The molecule has 1 atom stereocenters. The minimum atomic E-state index is -0.414. The normalized spacial score (nSPS) is 18.7. The molecule has 1 aliphatic rings. The van der Waals surface area contributed by atoms with E-state index in [2.05, 4.69) is 29.2 Å². The molecule has 1 saturated heterocycles. The molecule has 1 heterocycles. The molecule has 1 aromatic carbocycles. The lowest BCUT2D eigenvalue weighted by Crippen LogP contribution is -2.38. The summed E-state index contributed by atoms with van der Waals surface area (Å²) >= 11 is 0. The van der Waals surface area contributed by atoms with Gasteiger partial charge in [0.2, 0.25) is 5.91 Å². The summed E-state index contributed by atoms with van der Waals surface area (Å²) in [7, 11) is 5.55. The maximum atomic E-state index is 13.6. The Bertz CT molecular complexity index is 522. The van der Waals surface area contributed by atoms with E-state index in [1.165, 1.54) is 13.2 Å². The second kappa shape index (κ2) is 7.56. The number of nitrogens with zero attached hydrogens (tertiary/aromatic N) is 2. The van der Waals surface area contributed by atoms with Gasteiger partial charge in [0.05, 0.1) is 13.7 Å². The van der Waals surface area contributed by atoms with Crippen molar-refractivity contribution in [2.45, 2.75) is 19.0 Å². The summed E-state index contributed by atoms with van der Waals surface area (Å²) in [5.41, 5.74) is 0.722. The quantitative estimate of drug-likeness (QED) is 0.854. The summed E-state index contributed by atoms with van der Waals surface area (Å²) in [6, 6.07) is 5.22. The molecule has 5 nitrogen and oxygen atoms in total. The zero-order valence-electron chi connectivity index (χ0n) is 13.4. The molecule has 1 fully saturated rings. The summed E-state index contributed by atoms with van der Waals surface area (Å²) in [4.78, 5) is 16.3. The number of methoxy groups -OCH3 is 1. The minimum Gasteiger partial charge on any atom is -0.494 e. The van der Waals surface area contributed by atoms with Crippen molar-refractivity contribution in [2.24, 2.45) is 0 Å². The highest BCUT2D eigenvalue weighted by atomic mass is 19.1. The van der Waals surface area contributed by atoms with Crippen molar-refractivity contribution >= 4 is 5.91 Å². The fraction of sp³-hybridized carbons (Fsp3) is 0.562.